The van der Waals surface area contributed by atoms with Gasteiger partial charge in [0.25, 0.3) is 0 Å². The Morgan fingerprint density at radius 1 is 0.639 bits per heavy atom. The van der Waals surface area contributed by atoms with Crippen molar-refractivity contribution < 1.29 is 34.8 Å². The van der Waals surface area contributed by atoms with E-state index in [1.165, 1.54) is 6.08 Å². The molecule has 1 aliphatic carbocycles. The molecule has 0 aromatic heterocycles. The summed E-state index contributed by atoms with van der Waals surface area (Å²) in [4.78, 5) is 42.1. The maximum Gasteiger partial charge on any atom is 0.227 e. The van der Waals surface area contributed by atoms with E-state index in [1.807, 2.05) is 87.5 Å². The maximum absolute atomic E-state index is 12.4. The second kappa shape index (κ2) is 11.5. The molecule has 36 heavy (non-hydrogen) atoms. The van der Waals surface area contributed by atoms with Crippen molar-refractivity contribution >= 4 is 29.5 Å². The van der Waals surface area contributed by atoms with Crippen molar-refractivity contribution in [2.45, 2.75) is 0 Å². The first-order valence-electron chi connectivity index (χ1n) is 11.9. The molecule has 0 amide bonds. The van der Waals surface area contributed by atoms with Crippen LogP contribution in [0.25, 0.3) is 12.2 Å². The molecular formula is C29H27N3O3Pd. The van der Waals surface area contributed by atoms with Crippen LogP contribution in [0.2, 0.25) is 0 Å². The summed E-state index contributed by atoms with van der Waals surface area (Å²) in [7, 11) is 0. The molecule has 0 N–H and O–H groups in total. The number of hydrogen-bond donors (Lipinski definition) is 0. The molecule has 2 aromatic carbocycles. The largest absolute Gasteiger partial charge is 0.365 e. The Morgan fingerprint density at radius 3 is 1.53 bits per heavy atom. The van der Waals surface area contributed by atoms with Gasteiger partial charge >= 0.3 is 0 Å². The molecule has 2 aromatic rings. The molecule has 3 heterocycles. The van der Waals surface area contributed by atoms with E-state index in [0.717, 1.165) is 50.4 Å². The summed E-state index contributed by atoms with van der Waals surface area (Å²) >= 11 is 0. The summed E-state index contributed by atoms with van der Waals surface area (Å²) < 4.78 is 0. The monoisotopic (exact) mass is 571 g/mol. The number of rotatable bonds is 7. The second-order valence-electron chi connectivity index (χ2n) is 8.77. The van der Waals surface area contributed by atoms with Gasteiger partial charge in [-0.25, -0.2) is 0 Å². The van der Waals surface area contributed by atoms with Crippen LogP contribution in [0.1, 0.15) is 11.1 Å². The van der Waals surface area contributed by atoms with Crippen LogP contribution in [0, 0.1) is 0 Å². The van der Waals surface area contributed by atoms with E-state index in [9.17, 15) is 14.4 Å². The van der Waals surface area contributed by atoms with Gasteiger partial charge in [0.1, 0.15) is 11.4 Å². The fraction of sp³-hybridized carbons (Fsp3) is 0.207. The Balaban J connectivity index is 0.000000164. The van der Waals surface area contributed by atoms with Crippen LogP contribution in [0.15, 0.2) is 96.0 Å². The van der Waals surface area contributed by atoms with Crippen molar-refractivity contribution in [3.05, 3.63) is 107 Å². The molecule has 3 aliphatic heterocycles. The van der Waals surface area contributed by atoms with Crippen molar-refractivity contribution in [1.82, 2.24) is 14.7 Å². The molecule has 0 atom stereocenters. The first-order chi connectivity index (χ1) is 17.1. The minimum absolute atomic E-state index is 0. The zero-order valence-electron chi connectivity index (χ0n) is 19.8. The van der Waals surface area contributed by atoms with Crippen LogP contribution in [-0.4, -0.2) is 71.3 Å². The van der Waals surface area contributed by atoms with Gasteiger partial charge in [0.15, 0.2) is 5.78 Å². The van der Waals surface area contributed by atoms with Gasteiger partial charge in [-0.05, 0) is 23.3 Å². The maximum atomic E-state index is 12.4. The van der Waals surface area contributed by atoms with E-state index in [2.05, 4.69) is 0 Å². The molecule has 0 bridgehead atoms. The van der Waals surface area contributed by atoms with Crippen LogP contribution >= 0.6 is 0 Å². The molecule has 186 valence electrons. The molecule has 4 aliphatic rings. The van der Waals surface area contributed by atoms with Crippen LogP contribution < -0.4 is 0 Å². The normalized spacial score (nSPS) is 18.1. The summed E-state index contributed by atoms with van der Waals surface area (Å²) in [5.41, 5.74) is 3.94. The third-order valence-electron chi connectivity index (χ3n) is 5.97. The predicted octanol–water partition coefficient (Wildman–Crippen LogP) is 3.16. The molecule has 6 nitrogen and oxygen atoms in total. The molecule has 3 saturated heterocycles. The number of nitrogens with zero attached hydrogens (tertiary/aromatic N) is 3. The Labute approximate surface area is 224 Å². The predicted molar refractivity (Wildman–Crippen MR) is 136 cm³/mol. The summed E-state index contributed by atoms with van der Waals surface area (Å²) in [6.07, 6.45) is 8.31. The average molecular weight is 572 g/mol. The minimum Gasteiger partial charge on any atom is -0.365 e. The van der Waals surface area contributed by atoms with Crippen molar-refractivity contribution in [1.29, 1.82) is 0 Å². The van der Waals surface area contributed by atoms with E-state index >= 15 is 0 Å². The van der Waals surface area contributed by atoms with E-state index in [0.29, 0.717) is 17.1 Å². The van der Waals surface area contributed by atoms with E-state index < -0.39 is 0 Å². The summed E-state index contributed by atoms with van der Waals surface area (Å²) in [6.45, 7) is 5.41. The molecule has 6 rings (SSSR count). The Bertz CT molecular complexity index is 1200. The summed E-state index contributed by atoms with van der Waals surface area (Å²) in [5, 5.41) is 0. The number of Topliss-reactive ketones (excluding diaryl/α,β-unsaturated/α-hetero) is 1. The fourth-order valence-corrected chi connectivity index (χ4v) is 3.82. The van der Waals surface area contributed by atoms with E-state index in [1.54, 1.807) is 12.2 Å². The topological polar surface area (TPSA) is 60.2 Å². The van der Waals surface area contributed by atoms with Crippen molar-refractivity contribution in [3.8, 4) is 0 Å². The van der Waals surface area contributed by atoms with Gasteiger partial charge in [0.2, 0.25) is 11.6 Å². The number of benzene rings is 2. The number of ketones is 3. The van der Waals surface area contributed by atoms with Gasteiger partial charge in [-0.2, -0.15) is 0 Å². The molecule has 7 heteroatoms. The standard InChI is InChI=1S/C17H14O.C12H13N3O2.Pd/c18-17(13-11-15-7-3-1-4-8-15)14-12-16-9-5-2-6-10-16;16-9-7-8(13-1-2-13)12(17)11(15-5-6-15)10(9)14-3-4-14;/h1-14H;7H,1-6H2;/b13-11+,14-12+;;. The van der Waals surface area contributed by atoms with Crippen molar-refractivity contribution in [3.63, 3.8) is 0 Å². The minimum atomic E-state index is -0.0114. The summed E-state index contributed by atoms with van der Waals surface area (Å²) in [5.74, 6) is 0.0371. The number of carbonyl (C=O) groups excluding carboxylic acids is 3. The second-order valence-corrected chi connectivity index (χ2v) is 8.77. The van der Waals surface area contributed by atoms with Gasteiger partial charge < -0.3 is 14.7 Å². The Hall–Kier alpha value is -3.53. The number of hydrogen-bond acceptors (Lipinski definition) is 6. The Morgan fingerprint density at radius 2 is 1.08 bits per heavy atom. The smallest absolute Gasteiger partial charge is 0.227 e. The van der Waals surface area contributed by atoms with Crippen LogP contribution in [0.3, 0.4) is 0 Å². The molecule has 0 spiro atoms. The summed E-state index contributed by atoms with van der Waals surface area (Å²) in [6, 6.07) is 19.6. The molecule has 0 radical (unpaired) electrons. The SMILES string of the molecule is O=C(/C=C/c1ccccc1)/C=C/c1ccccc1.O=C1C=C(N2CC2)C(=O)C(N2CC2)=C1N1CC1.[Pd]. The zero-order chi connectivity index (χ0) is 24.2. The van der Waals surface area contributed by atoms with Gasteiger partial charge in [-0.3, -0.25) is 14.4 Å². The Kier molecular flexibility index (Phi) is 8.15. The van der Waals surface area contributed by atoms with Crippen LogP contribution in [0.5, 0.6) is 0 Å². The zero-order valence-corrected chi connectivity index (χ0v) is 21.3. The van der Waals surface area contributed by atoms with Gasteiger partial charge in [-0.15, -0.1) is 0 Å². The number of allylic oxidation sites excluding steroid dienone is 3. The molecular weight excluding hydrogens is 545 g/mol. The van der Waals surface area contributed by atoms with Crippen LogP contribution in [0.4, 0.5) is 0 Å². The van der Waals surface area contributed by atoms with Gasteiger partial charge in [0, 0.05) is 65.8 Å². The fourth-order valence-electron chi connectivity index (χ4n) is 3.82. The van der Waals surface area contributed by atoms with Gasteiger partial charge in [0.05, 0.1) is 5.70 Å². The average Bonchev–Trinajstić information content (AvgIpc) is 3.72. The molecule has 0 unspecified atom stereocenters. The van der Waals surface area contributed by atoms with E-state index in [4.69, 9.17) is 0 Å². The van der Waals surface area contributed by atoms with E-state index in [-0.39, 0.29) is 37.8 Å². The third-order valence-corrected chi connectivity index (χ3v) is 5.97. The van der Waals surface area contributed by atoms with Gasteiger partial charge in [-0.1, -0.05) is 72.8 Å². The first kappa shape index (κ1) is 25.6. The first-order valence-corrected chi connectivity index (χ1v) is 11.9. The van der Waals surface area contributed by atoms with Crippen molar-refractivity contribution in [2.75, 3.05) is 39.3 Å². The number of carbonyl (C=O) groups is 3. The molecule has 0 saturated carbocycles. The quantitative estimate of drug-likeness (QED) is 0.220. The molecule has 3 fully saturated rings. The van der Waals surface area contributed by atoms with Crippen molar-refractivity contribution in [2.24, 2.45) is 0 Å². The van der Waals surface area contributed by atoms with Crippen LogP contribution in [-0.2, 0) is 34.8 Å². The third kappa shape index (κ3) is 6.57.